The van der Waals surface area contributed by atoms with Crippen LogP contribution >= 0.6 is 0 Å². The molecule has 0 fully saturated rings. The lowest BCUT2D eigenvalue weighted by Gasteiger charge is -2.15. The van der Waals surface area contributed by atoms with Gasteiger partial charge in [-0.2, -0.15) is 0 Å². The predicted molar refractivity (Wildman–Crippen MR) is 72.9 cm³/mol. The standard InChI is InChI=1S/C17H14O/c1-2-13-14-10-6-7-11-15(14)17(18)16(13)12-8-4-3-5-9-12/h2-11,13,16H,1H2/t13-,16+/m1/s1. The highest BCUT2D eigenvalue weighted by molar-refractivity contribution is 6.06. The maximum absolute atomic E-state index is 12.5. The summed E-state index contributed by atoms with van der Waals surface area (Å²) in [6, 6.07) is 17.8. The number of hydrogen-bond acceptors (Lipinski definition) is 1. The molecule has 0 heterocycles. The summed E-state index contributed by atoms with van der Waals surface area (Å²) in [6.45, 7) is 3.90. The van der Waals surface area contributed by atoms with Crippen LogP contribution in [0.25, 0.3) is 0 Å². The van der Waals surface area contributed by atoms with Gasteiger partial charge in [0.2, 0.25) is 0 Å². The Balaban J connectivity index is 2.14. The number of Topliss-reactive ketones (excluding diaryl/α,β-unsaturated/α-hetero) is 1. The second kappa shape index (κ2) is 4.26. The zero-order chi connectivity index (χ0) is 12.5. The zero-order valence-electron chi connectivity index (χ0n) is 10.0. The summed E-state index contributed by atoms with van der Waals surface area (Å²) in [4.78, 5) is 12.5. The van der Waals surface area contributed by atoms with Crippen molar-refractivity contribution in [1.82, 2.24) is 0 Å². The van der Waals surface area contributed by atoms with Crippen molar-refractivity contribution in [3.63, 3.8) is 0 Å². The predicted octanol–water partition coefficient (Wildman–Crippen LogP) is 3.94. The average molecular weight is 234 g/mol. The fourth-order valence-electron chi connectivity index (χ4n) is 2.80. The van der Waals surface area contributed by atoms with E-state index in [4.69, 9.17) is 0 Å². The van der Waals surface area contributed by atoms with Gasteiger partial charge in [0.25, 0.3) is 0 Å². The maximum atomic E-state index is 12.5. The van der Waals surface area contributed by atoms with Crippen LogP contribution in [0.1, 0.15) is 33.3 Å². The Bertz CT molecular complexity index is 598. The van der Waals surface area contributed by atoms with E-state index in [1.54, 1.807) is 0 Å². The fourth-order valence-corrected chi connectivity index (χ4v) is 2.80. The van der Waals surface area contributed by atoms with Gasteiger partial charge >= 0.3 is 0 Å². The van der Waals surface area contributed by atoms with E-state index in [1.165, 1.54) is 0 Å². The number of ketones is 1. The minimum atomic E-state index is -0.110. The van der Waals surface area contributed by atoms with Crippen LogP contribution in [0.2, 0.25) is 0 Å². The van der Waals surface area contributed by atoms with Gasteiger partial charge in [0.15, 0.2) is 5.78 Å². The molecule has 88 valence electrons. The smallest absolute Gasteiger partial charge is 0.171 e. The average Bonchev–Trinajstić information content (AvgIpc) is 2.73. The van der Waals surface area contributed by atoms with Crippen molar-refractivity contribution in [3.05, 3.63) is 83.9 Å². The minimum absolute atomic E-state index is 0.0936. The molecule has 0 aromatic heterocycles. The summed E-state index contributed by atoms with van der Waals surface area (Å²) in [5, 5.41) is 0. The minimum Gasteiger partial charge on any atom is -0.293 e. The van der Waals surface area contributed by atoms with Crippen LogP contribution in [0.5, 0.6) is 0 Å². The zero-order valence-corrected chi connectivity index (χ0v) is 10.0. The first kappa shape index (κ1) is 11.0. The lowest BCUT2D eigenvalue weighted by molar-refractivity contribution is 0.0969. The summed E-state index contributed by atoms with van der Waals surface area (Å²) in [6.07, 6.45) is 1.89. The van der Waals surface area contributed by atoms with E-state index in [9.17, 15) is 4.79 Å². The highest BCUT2D eigenvalue weighted by Gasteiger charge is 2.38. The van der Waals surface area contributed by atoms with Crippen LogP contribution in [0, 0.1) is 0 Å². The first-order chi connectivity index (χ1) is 8.83. The summed E-state index contributed by atoms with van der Waals surface area (Å²) in [5.41, 5.74) is 3.02. The first-order valence-corrected chi connectivity index (χ1v) is 6.13. The first-order valence-electron chi connectivity index (χ1n) is 6.13. The van der Waals surface area contributed by atoms with E-state index in [2.05, 4.69) is 6.58 Å². The third-order valence-electron chi connectivity index (χ3n) is 3.64. The van der Waals surface area contributed by atoms with Crippen molar-refractivity contribution >= 4 is 5.78 Å². The normalized spacial score (nSPS) is 21.7. The van der Waals surface area contributed by atoms with Crippen molar-refractivity contribution in [1.29, 1.82) is 0 Å². The highest BCUT2D eigenvalue weighted by Crippen LogP contribution is 2.44. The van der Waals surface area contributed by atoms with Gasteiger partial charge in [-0.1, -0.05) is 60.7 Å². The van der Waals surface area contributed by atoms with Crippen LogP contribution in [0.3, 0.4) is 0 Å². The van der Waals surface area contributed by atoms with E-state index in [0.717, 1.165) is 16.7 Å². The molecule has 0 saturated carbocycles. The third-order valence-corrected chi connectivity index (χ3v) is 3.64. The number of carbonyl (C=O) groups is 1. The van der Waals surface area contributed by atoms with Crippen molar-refractivity contribution < 1.29 is 4.79 Å². The number of rotatable bonds is 2. The van der Waals surface area contributed by atoms with Crippen molar-refractivity contribution in [2.24, 2.45) is 0 Å². The van der Waals surface area contributed by atoms with Gasteiger partial charge in [-0.3, -0.25) is 4.79 Å². The van der Waals surface area contributed by atoms with Gasteiger partial charge in [0.05, 0.1) is 5.92 Å². The molecule has 0 unspecified atom stereocenters. The van der Waals surface area contributed by atoms with Gasteiger partial charge in [-0.15, -0.1) is 6.58 Å². The Morgan fingerprint density at radius 2 is 1.61 bits per heavy atom. The summed E-state index contributed by atoms with van der Waals surface area (Å²) in [5.74, 6) is 0.193. The maximum Gasteiger partial charge on any atom is 0.171 e. The van der Waals surface area contributed by atoms with E-state index in [1.807, 2.05) is 60.7 Å². The second-order valence-electron chi connectivity index (χ2n) is 4.60. The van der Waals surface area contributed by atoms with Gasteiger partial charge < -0.3 is 0 Å². The quantitative estimate of drug-likeness (QED) is 0.719. The molecule has 18 heavy (non-hydrogen) atoms. The molecule has 0 N–H and O–H groups in total. The molecule has 0 aliphatic heterocycles. The van der Waals surface area contributed by atoms with E-state index in [-0.39, 0.29) is 17.6 Å². The molecule has 0 amide bonds. The number of allylic oxidation sites excluding steroid dienone is 1. The molecule has 1 aliphatic rings. The van der Waals surface area contributed by atoms with Gasteiger partial charge in [-0.05, 0) is 11.1 Å². The van der Waals surface area contributed by atoms with E-state index < -0.39 is 0 Å². The number of hydrogen-bond donors (Lipinski definition) is 0. The van der Waals surface area contributed by atoms with Crippen LogP contribution in [0.15, 0.2) is 67.3 Å². The van der Waals surface area contributed by atoms with E-state index in [0.29, 0.717) is 0 Å². The fraction of sp³-hybridized carbons (Fsp3) is 0.118. The monoisotopic (exact) mass is 234 g/mol. The molecule has 2 aromatic rings. The molecule has 3 rings (SSSR count). The van der Waals surface area contributed by atoms with Gasteiger partial charge in [0.1, 0.15) is 0 Å². The van der Waals surface area contributed by atoms with Crippen LogP contribution in [0.4, 0.5) is 0 Å². The highest BCUT2D eigenvalue weighted by atomic mass is 16.1. The third kappa shape index (κ3) is 1.52. The van der Waals surface area contributed by atoms with Gasteiger partial charge in [-0.25, -0.2) is 0 Å². The Hall–Kier alpha value is -2.15. The molecule has 0 radical (unpaired) electrons. The van der Waals surface area contributed by atoms with Crippen LogP contribution < -0.4 is 0 Å². The largest absolute Gasteiger partial charge is 0.293 e. The number of benzene rings is 2. The van der Waals surface area contributed by atoms with Gasteiger partial charge in [0, 0.05) is 11.5 Å². The molecule has 0 bridgehead atoms. The Labute approximate surface area is 107 Å². The molecule has 1 nitrogen and oxygen atoms in total. The number of fused-ring (bicyclic) bond motifs is 1. The molecule has 0 saturated heterocycles. The lowest BCUT2D eigenvalue weighted by atomic mass is 9.86. The summed E-state index contributed by atoms with van der Waals surface area (Å²) in [7, 11) is 0. The summed E-state index contributed by atoms with van der Waals surface area (Å²) < 4.78 is 0. The molecule has 0 spiro atoms. The van der Waals surface area contributed by atoms with E-state index >= 15 is 0 Å². The molecule has 1 heteroatoms. The van der Waals surface area contributed by atoms with Crippen molar-refractivity contribution in [2.75, 3.05) is 0 Å². The van der Waals surface area contributed by atoms with Crippen molar-refractivity contribution in [3.8, 4) is 0 Å². The Morgan fingerprint density at radius 3 is 2.33 bits per heavy atom. The number of carbonyl (C=O) groups excluding carboxylic acids is 1. The van der Waals surface area contributed by atoms with Crippen LogP contribution in [-0.4, -0.2) is 5.78 Å². The lowest BCUT2D eigenvalue weighted by Crippen LogP contribution is -2.10. The van der Waals surface area contributed by atoms with Crippen LogP contribution in [-0.2, 0) is 0 Å². The molecule has 1 aliphatic carbocycles. The SMILES string of the molecule is C=C[C@@H]1c2ccccc2C(=O)[C@H]1c1ccccc1. The second-order valence-corrected chi connectivity index (χ2v) is 4.60. The molecule has 2 atom stereocenters. The van der Waals surface area contributed by atoms with Crippen molar-refractivity contribution in [2.45, 2.75) is 11.8 Å². The Morgan fingerprint density at radius 1 is 0.944 bits per heavy atom. The topological polar surface area (TPSA) is 17.1 Å². The summed E-state index contributed by atoms with van der Waals surface area (Å²) >= 11 is 0. The Kier molecular flexibility index (Phi) is 2.60. The molecular weight excluding hydrogens is 220 g/mol. The molecule has 2 aromatic carbocycles. The molecular formula is C17H14O.